The van der Waals surface area contributed by atoms with E-state index in [-0.39, 0.29) is 12.8 Å². The van der Waals surface area contributed by atoms with Crippen molar-refractivity contribution in [3.63, 3.8) is 0 Å². The Morgan fingerprint density at radius 2 is 1.63 bits per heavy atom. The third kappa shape index (κ3) is 8.75. The first-order valence-corrected chi connectivity index (χ1v) is 13.2. The van der Waals surface area contributed by atoms with Crippen LogP contribution in [0.1, 0.15) is 25.3 Å². The molecule has 1 heterocycles. The van der Waals surface area contributed by atoms with Gasteiger partial charge in [-0.05, 0) is 37.0 Å². The number of para-hydroxylation sites is 1. The number of nitrogens with one attached hydrogen (secondary N) is 4. The van der Waals surface area contributed by atoms with Crippen LogP contribution in [0.2, 0.25) is 0 Å². The molecule has 2 rings (SSSR count). The van der Waals surface area contributed by atoms with Crippen LogP contribution in [0.15, 0.2) is 30.5 Å². The maximum Gasteiger partial charge on any atom is 0.328 e. The van der Waals surface area contributed by atoms with Gasteiger partial charge in [-0.15, -0.1) is 0 Å². The van der Waals surface area contributed by atoms with Crippen molar-refractivity contribution in [2.24, 2.45) is 5.73 Å². The molecule has 13 nitrogen and oxygen atoms in total. The van der Waals surface area contributed by atoms with Crippen molar-refractivity contribution in [2.45, 2.75) is 56.5 Å². The van der Waals surface area contributed by atoms with Crippen LogP contribution in [0.25, 0.3) is 10.9 Å². The Balaban J connectivity index is 2.31. The second-order valence-corrected chi connectivity index (χ2v) is 9.72. The standard InChI is InChI=1S/C24H33N5O8S/c1-12(30)20(24(36)37)29-23(35)18(9-13-11-26-16-6-4-3-5-14(13)16)28-22(34)17(7-8-38-2)27-21(33)15(25)10-19(31)32/h3-6,11-12,15,17-18,20,26,30H,7-10,25H2,1-2H3,(H,27,33)(H,28,34)(H,29,35)(H,31,32)(H,36,37). The minimum atomic E-state index is -1.62. The molecule has 1 aromatic heterocycles. The first kappa shape index (κ1) is 30.6. The van der Waals surface area contributed by atoms with Gasteiger partial charge in [-0.2, -0.15) is 11.8 Å². The lowest BCUT2D eigenvalue weighted by atomic mass is 10.0. The van der Waals surface area contributed by atoms with Gasteiger partial charge in [-0.3, -0.25) is 19.2 Å². The number of carbonyl (C=O) groups excluding carboxylic acids is 3. The van der Waals surface area contributed by atoms with E-state index >= 15 is 0 Å². The summed E-state index contributed by atoms with van der Waals surface area (Å²) in [5.41, 5.74) is 7.08. The minimum absolute atomic E-state index is 0.0323. The number of nitrogens with two attached hydrogens (primary N) is 1. The van der Waals surface area contributed by atoms with Crippen molar-refractivity contribution < 1.29 is 39.3 Å². The third-order valence-electron chi connectivity index (χ3n) is 5.75. The average molecular weight is 552 g/mol. The molecule has 0 aliphatic carbocycles. The number of rotatable bonds is 15. The van der Waals surface area contributed by atoms with E-state index in [2.05, 4.69) is 20.9 Å². The molecule has 0 saturated carbocycles. The average Bonchev–Trinajstić information content (AvgIpc) is 3.26. The molecule has 5 unspecified atom stereocenters. The summed E-state index contributed by atoms with van der Waals surface area (Å²) in [6.45, 7) is 1.21. The third-order valence-corrected chi connectivity index (χ3v) is 6.40. The molecule has 5 atom stereocenters. The summed E-state index contributed by atoms with van der Waals surface area (Å²) >= 11 is 1.41. The highest BCUT2D eigenvalue weighted by molar-refractivity contribution is 7.98. The summed E-state index contributed by atoms with van der Waals surface area (Å²) in [5.74, 6) is -4.71. The molecule has 0 aliphatic heterocycles. The highest BCUT2D eigenvalue weighted by Gasteiger charge is 2.32. The molecule has 38 heavy (non-hydrogen) atoms. The van der Waals surface area contributed by atoms with E-state index in [1.807, 2.05) is 18.2 Å². The topological polar surface area (TPSA) is 224 Å². The quantitative estimate of drug-likeness (QED) is 0.137. The van der Waals surface area contributed by atoms with Gasteiger partial charge in [0.25, 0.3) is 0 Å². The van der Waals surface area contributed by atoms with E-state index in [9.17, 15) is 34.2 Å². The van der Waals surface area contributed by atoms with E-state index in [0.717, 1.165) is 10.9 Å². The monoisotopic (exact) mass is 551 g/mol. The molecular formula is C24H33N5O8S. The smallest absolute Gasteiger partial charge is 0.328 e. The van der Waals surface area contributed by atoms with E-state index in [1.165, 1.54) is 18.7 Å². The number of aliphatic carboxylic acids is 2. The molecule has 1 aromatic carbocycles. The van der Waals surface area contributed by atoms with Crippen LogP contribution >= 0.6 is 11.8 Å². The number of thioether (sulfide) groups is 1. The van der Waals surface area contributed by atoms with Crippen LogP contribution in [0.5, 0.6) is 0 Å². The zero-order valence-corrected chi connectivity index (χ0v) is 21.8. The normalized spacial score (nSPS) is 15.1. The number of carboxylic acids is 2. The predicted octanol–water partition coefficient (Wildman–Crippen LogP) is -0.815. The summed E-state index contributed by atoms with van der Waals surface area (Å²) in [6, 6.07) is 1.85. The summed E-state index contributed by atoms with van der Waals surface area (Å²) in [6.07, 6.45) is 1.54. The number of aliphatic hydroxyl groups is 1. The summed E-state index contributed by atoms with van der Waals surface area (Å²) in [5, 5.41) is 36.1. The molecule has 2 aromatic rings. The van der Waals surface area contributed by atoms with Gasteiger partial charge >= 0.3 is 11.9 Å². The van der Waals surface area contributed by atoms with Crippen LogP contribution < -0.4 is 21.7 Å². The lowest BCUT2D eigenvalue weighted by Crippen LogP contribution is -2.59. The number of aliphatic hydroxyl groups excluding tert-OH is 1. The lowest BCUT2D eigenvalue weighted by Gasteiger charge is -2.25. The van der Waals surface area contributed by atoms with Gasteiger partial charge in [-0.25, -0.2) is 4.79 Å². The van der Waals surface area contributed by atoms with Crippen molar-refractivity contribution in [1.29, 1.82) is 0 Å². The van der Waals surface area contributed by atoms with E-state index in [4.69, 9.17) is 10.8 Å². The van der Waals surface area contributed by atoms with Gasteiger partial charge in [-0.1, -0.05) is 18.2 Å². The van der Waals surface area contributed by atoms with Crippen molar-refractivity contribution in [2.75, 3.05) is 12.0 Å². The maximum absolute atomic E-state index is 13.2. The van der Waals surface area contributed by atoms with Crippen molar-refractivity contribution in [1.82, 2.24) is 20.9 Å². The minimum Gasteiger partial charge on any atom is -0.481 e. The van der Waals surface area contributed by atoms with Gasteiger partial charge in [0.2, 0.25) is 17.7 Å². The Labute approximate surface area is 222 Å². The fourth-order valence-corrected chi connectivity index (χ4v) is 4.18. The molecule has 3 amide bonds. The molecule has 0 saturated heterocycles. The molecule has 0 spiro atoms. The van der Waals surface area contributed by atoms with E-state index in [0.29, 0.717) is 11.3 Å². The van der Waals surface area contributed by atoms with Crippen molar-refractivity contribution >= 4 is 52.3 Å². The van der Waals surface area contributed by atoms with Crippen LogP contribution in [0.4, 0.5) is 0 Å². The number of aromatic nitrogens is 1. The zero-order chi connectivity index (χ0) is 28.4. The lowest BCUT2D eigenvalue weighted by molar-refractivity contribution is -0.145. The maximum atomic E-state index is 13.2. The number of benzene rings is 1. The second-order valence-electron chi connectivity index (χ2n) is 8.74. The number of carbonyl (C=O) groups is 5. The summed E-state index contributed by atoms with van der Waals surface area (Å²) in [7, 11) is 0. The zero-order valence-electron chi connectivity index (χ0n) is 21.0. The largest absolute Gasteiger partial charge is 0.481 e. The highest BCUT2D eigenvalue weighted by Crippen LogP contribution is 2.19. The van der Waals surface area contributed by atoms with Crippen LogP contribution in [0.3, 0.4) is 0 Å². The number of fused-ring (bicyclic) bond motifs is 1. The Morgan fingerprint density at radius 1 is 1.00 bits per heavy atom. The SMILES string of the molecule is CSCCC(NC(=O)C(N)CC(=O)O)C(=O)NC(Cc1c[nH]c2ccccc12)C(=O)NC(C(=O)O)C(C)O. The molecule has 14 heteroatoms. The molecular weight excluding hydrogens is 518 g/mol. The Kier molecular flexibility index (Phi) is 11.6. The molecule has 0 aliphatic rings. The number of carboxylic acid groups (broad SMARTS) is 2. The Bertz CT molecular complexity index is 1150. The Morgan fingerprint density at radius 3 is 2.24 bits per heavy atom. The first-order valence-electron chi connectivity index (χ1n) is 11.8. The number of aromatic amines is 1. The van der Waals surface area contributed by atoms with Gasteiger partial charge in [0.15, 0.2) is 6.04 Å². The molecule has 0 bridgehead atoms. The van der Waals surface area contributed by atoms with Crippen LogP contribution in [-0.4, -0.2) is 92.2 Å². The van der Waals surface area contributed by atoms with Gasteiger partial charge in [0.1, 0.15) is 12.1 Å². The molecule has 0 radical (unpaired) electrons. The summed E-state index contributed by atoms with van der Waals surface area (Å²) in [4.78, 5) is 64.3. The number of H-pyrrole nitrogens is 1. The molecule has 208 valence electrons. The van der Waals surface area contributed by atoms with E-state index in [1.54, 1.807) is 18.5 Å². The van der Waals surface area contributed by atoms with E-state index < -0.39 is 66.4 Å². The first-order chi connectivity index (χ1) is 17.9. The van der Waals surface area contributed by atoms with Gasteiger partial charge in [0, 0.05) is 23.5 Å². The molecule has 0 fully saturated rings. The Hall–Kier alpha value is -3.62. The van der Waals surface area contributed by atoms with Crippen molar-refractivity contribution in [3.8, 4) is 0 Å². The summed E-state index contributed by atoms with van der Waals surface area (Å²) < 4.78 is 0. The van der Waals surface area contributed by atoms with Crippen LogP contribution in [0, 0.1) is 0 Å². The second kappa shape index (κ2) is 14.4. The molecule has 9 N–H and O–H groups in total. The fraction of sp³-hybridized carbons (Fsp3) is 0.458. The highest BCUT2D eigenvalue weighted by atomic mass is 32.2. The number of hydrogen-bond donors (Lipinski definition) is 8. The predicted molar refractivity (Wildman–Crippen MR) is 140 cm³/mol. The fourth-order valence-electron chi connectivity index (χ4n) is 3.71. The van der Waals surface area contributed by atoms with Gasteiger partial charge in [0.05, 0.1) is 18.6 Å². The van der Waals surface area contributed by atoms with Crippen molar-refractivity contribution in [3.05, 3.63) is 36.0 Å². The number of amides is 3. The van der Waals surface area contributed by atoms with Gasteiger partial charge < -0.3 is 42.0 Å². The number of hydrogen-bond acceptors (Lipinski definition) is 8. The van der Waals surface area contributed by atoms with Crippen LogP contribution in [-0.2, 0) is 30.4 Å².